The van der Waals surface area contributed by atoms with Gasteiger partial charge in [-0.2, -0.15) is 5.10 Å². The summed E-state index contributed by atoms with van der Waals surface area (Å²) in [6.45, 7) is 2.79. The first-order valence-electron chi connectivity index (χ1n) is 7.92. The Morgan fingerprint density at radius 1 is 1.44 bits per heavy atom. The second-order valence-corrected chi connectivity index (χ2v) is 6.52. The van der Waals surface area contributed by atoms with E-state index in [1.807, 2.05) is 6.92 Å². The highest BCUT2D eigenvalue weighted by Crippen LogP contribution is 2.31. The molecule has 2 atom stereocenters. The van der Waals surface area contributed by atoms with Crippen LogP contribution in [0.15, 0.2) is 24.5 Å². The molecule has 0 aromatic carbocycles. The van der Waals surface area contributed by atoms with Gasteiger partial charge in [-0.05, 0) is 37.9 Å². The van der Waals surface area contributed by atoms with Crippen LogP contribution < -0.4 is 5.73 Å². The van der Waals surface area contributed by atoms with E-state index < -0.39 is 18.0 Å². The molecular formula is C16H20Cl3F2N5O. The molecule has 2 N–H and O–H groups in total. The van der Waals surface area contributed by atoms with Crippen LogP contribution in [0.2, 0.25) is 5.02 Å². The van der Waals surface area contributed by atoms with Gasteiger partial charge in [-0.3, -0.25) is 4.79 Å². The minimum absolute atomic E-state index is 0. The van der Waals surface area contributed by atoms with Gasteiger partial charge in [0.15, 0.2) is 5.82 Å². The van der Waals surface area contributed by atoms with E-state index in [9.17, 15) is 13.6 Å². The largest absolute Gasteiger partial charge is 0.335 e. The summed E-state index contributed by atoms with van der Waals surface area (Å²) in [5, 5.41) is 4.11. The van der Waals surface area contributed by atoms with E-state index in [2.05, 4.69) is 10.1 Å². The summed E-state index contributed by atoms with van der Waals surface area (Å²) < 4.78 is 28.3. The third-order valence-corrected chi connectivity index (χ3v) is 4.73. The van der Waals surface area contributed by atoms with Crippen molar-refractivity contribution in [3.63, 3.8) is 0 Å². The summed E-state index contributed by atoms with van der Waals surface area (Å²) in [6.07, 6.45) is 0.431. The summed E-state index contributed by atoms with van der Waals surface area (Å²) >= 11 is 6.03. The number of alkyl halides is 2. The number of nitrogens with zero attached hydrogens (tertiary/aromatic N) is 4. The number of carbonyl (C=O) groups is 1. The minimum atomic E-state index is -2.90. The van der Waals surface area contributed by atoms with Crippen molar-refractivity contribution in [3.05, 3.63) is 40.8 Å². The number of nitrogens with two attached hydrogens (primary N) is 1. The Hall–Kier alpha value is -1.48. The zero-order valence-corrected chi connectivity index (χ0v) is 16.8. The predicted molar refractivity (Wildman–Crippen MR) is 103 cm³/mol. The lowest BCUT2D eigenvalue weighted by Crippen LogP contribution is -2.35. The van der Waals surface area contributed by atoms with Gasteiger partial charge in [0.1, 0.15) is 5.69 Å². The van der Waals surface area contributed by atoms with Crippen LogP contribution in [-0.4, -0.2) is 44.7 Å². The topological polar surface area (TPSA) is 77.0 Å². The lowest BCUT2D eigenvalue weighted by atomic mass is 10.1. The van der Waals surface area contributed by atoms with Gasteiger partial charge >= 0.3 is 0 Å². The molecule has 1 aliphatic heterocycles. The van der Waals surface area contributed by atoms with E-state index in [4.69, 9.17) is 17.3 Å². The van der Waals surface area contributed by atoms with E-state index in [1.54, 1.807) is 11.0 Å². The van der Waals surface area contributed by atoms with Crippen molar-refractivity contribution in [2.45, 2.75) is 25.8 Å². The third kappa shape index (κ3) is 4.51. The van der Waals surface area contributed by atoms with Crippen LogP contribution in [0.1, 0.15) is 35.8 Å². The van der Waals surface area contributed by atoms with E-state index in [0.717, 1.165) is 17.3 Å². The van der Waals surface area contributed by atoms with Crippen molar-refractivity contribution >= 4 is 42.3 Å². The van der Waals surface area contributed by atoms with Crippen molar-refractivity contribution in [2.24, 2.45) is 11.7 Å². The molecule has 3 heterocycles. The van der Waals surface area contributed by atoms with Crippen LogP contribution in [0.25, 0.3) is 5.82 Å². The Morgan fingerprint density at radius 3 is 2.70 bits per heavy atom. The van der Waals surface area contributed by atoms with E-state index in [0.29, 0.717) is 13.1 Å². The number of likely N-dealkylation sites (tertiary alicyclic amines) is 1. The zero-order chi connectivity index (χ0) is 18.1. The van der Waals surface area contributed by atoms with Crippen molar-refractivity contribution in [1.29, 1.82) is 0 Å². The lowest BCUT2D eigenvalue weighted by Gasteiger charge is -2.21. The van der Waals surface area contributed by atoms with Crippen LogP contribution in [-0.2, 0) is 0 Å². The number of rotatable bonds is 4. The molecule has 3 rings (SSSR count). The van der Waals surface area contributed by atoms with Crippen LogP contribution in [0.3, 0.4) is 0 Å². The van der Waals surface area contributed by atoms with Crippen LogP contribution in [0, 0.1) is 5.92 Å². The van der Waals surface area contributed by atoms with Gasteiger partial charge in [0.25, 0.3) is 12.3 Å². The summed E-state index contributed by atoms with van der Waals surface area (Å²) in [7, 11) is 0. The summed E-state index contributed by atoms with van der Waals surface area (Å²) in [5.41, 5.74) is 5.03. The highest BCUT2D eigenvalue weighted by Gasteiger charge is 2.36. The van der Waals surface area contributed by atoms with E-state index in [-0.39, 0.29) is 53.2 Å². The molecule has 2 aromatic heterocycles. The highest BCUT2D eigenvalue weighted by molar-refractivity contribution is 6.32. The molecule has 0 radical (unpaired) electrons. The van der Waals surface area contributed by atoms with Crippen molar-refractivity contribution in [2.75, 3.05) is 13.1 Å². The number of hydrogen-bond acceptors (Lipinski definition) is 4. The zero-order valence-electron chi connectivity index (χ0n) is 14.4. The molecule has 2 unspecified atom stereocenters. The van der Waals surface area contributed by atoms with E-state index >= 15 is 0 Å². The molecule has 0 spiro atoms. The van der Waals surface area contributed by atoms with Crippen molar-refractivity contribution in [1.82, 2.24) is 19.7 Å². The maximum Gasteiger partial charge on any atom is 0.281 e. The van der Waals surface area contributed by atoms with Crippen LogP contribution in [0.4, 0.5) is 8.78 Å². The molecule has 0 saturated carbocycles. The Morgan fingerprint density at radius 2 is 2.15 bits per heavy atom. The fourth-order valence-electron chi connectivity index (χ4n) is 3.19. The Kier molecular flexibility index (Phi) is 8.41. The summed E-state index contributed by atoms with van der Waals surface area (Å²) in [6, 6.07) is 3.05. The molecule has 1 fully saturated rings. The molecule has 1 amide bonds. The van der Waals surface area contributed by atoms with Crippen molar-refractivity contribution in [3.8, 4) is 5.82 Å². The van der Waals surface area contributed by atoms with Crippen molar-refractivity contribution < 1.29 is 13.6 Å². The number of carbonyl (C=O) groups excluding carboxylic acids is 1. The van der Waals surface area contributed by atoms with Gasteiger partial charge in [0, 0.05) is 18.8 Å². The molecular weight excluding hydrogens is 423 g/mol. The second kappa shape index (κ2) is 9.64. The number of hydrogen-bond donors (Lipinski definition) is 1. The monoisotopic (exact) mass is 441 g/mol. The quantitative estimate of drug-likeness (QED) is 0.786. The smallest absolute Gasteiger partial charge is 0.281 e. The third-order valence-electron chi connectivity index (χ3n) is 4.44. The number of aromatic nitrogens is 3. The Balaban J connectivity index is 0.00000182. The van der Waals surface area contributed by atoms with Gasteiger partial charge in [-0.25, -0.2) is 18.4 Å². The first kappa shape index (κ1) is 23.6. The minimum Gasteiger partial charge on any atom is -0.335 e. The second-order valence-electron chi connectivity index (χ2n) is 6.11. The van der Waals surface area contributed by atoms with Gasteiger partial charge in [-0.15, -0.1) is 24.8 Å². The molecule has 2 aromatic rings. The number of amides is 1. The summed E-state index contributed by atoms with van der Waals surface area (Å²) in [5.74, 6) is -0.237. The molecule has 150 valence electrons. The number of halogens is 5. The van der Waals surface area contributed by atoms with E-state index in [1.165, 1.54) is 12.3 Å². The Bertz CT molecular complexity index is 789. The lowest BCUT2D eigenvalue weighted by molar-refractivity contribution is 0.0730. The fraction of sp³-hybridized carbons (Fsp3) is 0.438. The standard InChI is InChI=1S/C16H18ClF2N5O.2ClH/c1-9-5-10(6-20)8-23(9)16(25)11-7-22-24(13(11)14(18)19)15-12(17)3-2-4-21-15;;/h2-4,7,9-10,14H,5-6,8,20H2,1H3;2*1H. The normalized spacial score (nSPS) is 19.0. The molecule has 1 saturated heterocycles. The first-order valence-corrected chi connectivity index (χ1v) is 8.29. The van der Waals surface area contributed by atoms with Gasteiger partial charge in [-0.1, -0.05) is 11.6 Å². The van der Waals surface area contributed by atoms with Crippen LogP contribution >= 0.6 is 36.4 Å². The maximum absolute atomic E-state index is 13.7. The highest BCUT2D eigenvalue weighted by atomic mass is 35.5. The molecule has 0 bridgehead atoms. The molecule has 27 heavy (non-hydrogen) atoms. The maximum atomic E-state index is 13.7. The molecule has 1 aliphatic rings. The van der Waals surface area contributed by atoms with Crippen LogP contribution in [0.5, 0.6) is 0 Å². The Labute approximate surface area is 172 Å². The van der Waals surface area contributed by atoms with Gasteiger partial charge in [0.2, 0.25) is 0 Å². The number of pyridine rings is 1. The first-order chi connectivity index (χ1) is 11.9. The fourth-order valence-corrected chi connectivity index (χ4v) is 3.39. The van der Waals surface area contributed by atoms with Gasteiger partial charge < -0.3 is 10.6 Å². The predicted octanol–water partition coefficient (Wildman–Crippen LogP) is 3.51. The molecule has 6 nitrogen and oxygen atoms in total. The summed E-state index contributed by atoms with van der Waals surface area (Å²) in [4.78, 5) is 18.4. The average molecular weight is 443 g/mol. The molecule has 0 aliphatic carbocycles. The molecule has 11 heteroatoms. The van der Waals surface area contributed by atoms with Gasteiger partial charge in [0.05, 0.1) is 16.8 Å². The SMILES string of the molecule is CC1CC(CN)CN1C(=O)c1cnn(-c2ncccc2Cl)c1C(F)F.Cl.Cl. The average Bonchev–Trinajstić information content (AvgIpc) is 3.18.